The Kier molecular flexibility index (Phi) is 3.08. The van der Waals surface area contributed by atoms with Gasteiger partial charge in [-0.3, -0.25) is 4.90 Å². The fourth-order valence-corrected chi connectivity index (χ4v) is 2.59. The van der Waals surface area contributed by atoms with Crippen LogP contribution in [0.1, 0.15) is 29.2 Å². The van der Waals surface area contributed by atoms with E-state index in [1.54, 1.807) is 5.56 Å². The summed E-state index contributed by atoms with van der Waals surface area (Å²) in [4.78, 5) is 2.43. The Morgan fingerprint density at radius 1 is 1.47 bits per heavy atom. The first-order chi connectivity index (χ1) is 7.24. The predicted octanol–water partition coefficient (Wildman–Crippen LogP) is 1.87. The van der Waals surface area contributed by atoms with Crippen LogP contribution in [0.5, 0.6) is 0 Å². The standard InChI is InChI=1S/C13H20N2/c1-10-4-3-5-12-11(10)7-9-15(2)13(12)6-8-14/h3-5,13H,6-9,14H2,1-2H3. The Labute approximate surface area is 92.1 Å². The molecule has 1 heterocycles. The van der Waals surface area contributed by atoms with E-state index in [0.717, 1.165) is 19.5 Å². The largest absolute Gasteiger partial charge is 0.330 e. The first kappa shape index (κ1) is 10.7. The van der Waals surface area contributed by atoms with Crippen molar-refractivity contribution in [2.45, 2.75) is 25.8 Å². The van der Waals surface area contributed by atoms with E-state index in [0.29, 0.717) is 6.04 Å². The summed E-state index contributed by atoms with van der Waals surface area (Å²) in [6.07, 6.45) is 2.24. The first-order valence-corrected chi connectivity index (χ1v) is 5.72. The smallest absolute Gasteiger partial charge is 0.0360 e. The van der Waals surface area contributed by atoms with Gasteiger partial charge in [0.25, 0.3) is 0 Å². The summed E-state index contributed by atoms with van der Waals surface area (Å²) >= 11 is 0. The van der Waals surface area contributed by atoms with E-state index in [1.807, 2.05) is 0 Å². The summed E-state index contributed by atoms with van der Waals surface area (Å²) < 4.78 is 0. The third-order valence-electron chi connectivity index (χ3n) is 3.49. The van der Waals surface area contributed by atoms with Gasteiger partial charge in [0.05, 0.1) is 0 Å². The molecule has 82 valence electrons. The molecule has 2 rings (SSSR count). The summed E-state index contributed by atoms with van der Waals surface area (Å²) in [5.74, 6) is 0. The molecule has 2 heteroatoms. The van der Waals surface area contributed by atoms with Crippen molar-refractivity contribution in [3.05, 3.63) is 34.9 Å². The van der Waals surface area contributed by atoms with Gasteiger partial charge in [-0.1, -0.05) is 18.2 Å². The van der Waals surface area contributed by atoms with Gasteiger partial charge in [-0.25, -0.2) is 0 Å². The number of benzene rings is 1. The lowest BCUT2D eigenvalue weighted by Gasteiger charge is -2.35. The highest BCUT2D eigenvalue weighted by Crippen LogP contribution is 2.32. The van der Waals surface area contributed by atoms with Crippen LogP contribution in [0.25, 0.3) is 0 Å². The number of aryl methyl sites for hydroxylation is 1. The molecule has 0 spiro atoms. The van der Waals surface area contributed by atoms with Crippen molar-refractivity contribution in [2.75, 3.05) is 20.1 Å². The predicted molar refractivity (Wildman–Crippen MR) is 63.9 cm³/mol. The maximum Gasteiger partial charge on any atom is 0.0360 e. The zero-order valence-corrected chi connectivity index (χ0v) is 9.66. The van der Waals surface area contributed by atoms with Crippen LogP contribution in [0.3, 0.4) is 0 Å². The van der Waals surface area contributed by atoms with E-state index in [4.69, 9.17) is 5.73 Å². The molecule has 0 radical (unpaired) electrons. The third-order valence-corrected chi connectivity index (χ3v) is 3.49. The number of hydrogen-bond donors (Lipinski definition) is 1. The molecule has 0 amide bonds. The Morgan fingerprint density at radius 2 is 2.27 bits per heavy atom. The van der Waals surface area contributed by atoms with Gasteiger partial charge in [0.2, 0.25) is 0 Å². The van der Waals surface area contributed by atoms with Crippen LogP contribution in [0.4, 0.5) is 0 Å². The molecule has 1 aromatic carbocycles. The van der Waals surface area contributed by atoms with Gasteiger partial charge in [-0.05, 0) is 50.0 Å². The molecular weight excluding hydrogens is 184 g/mol. The normalized spacial score (nSPS) is 21.4. The SMILES string of the molecule is Cc1cccc2c1CCN(C)C2CCN. The topological polar surface area (TPSA) is 29.3 Å². The van der Waals surface area contributed by atoms with Crippen LogP contribution < -0.4 is 5.73 Å². The number of rotatable bonds is 2. The maximum absolute atomic E-state index is 5.69. The fourth-order valence-electron chi connectivity index (χ4n) is 2.59. The van der Waals surface area contributed by atoms with Crippen molar-refractivity contribution >= 4 is 0 Å². The molecule has 2 nitrogen and oxygen atoms in total. The molecule has 1 aliphatic heterocycles. The molecule has 0 aliphatic carbocycles. The third kappa shape index (κ3) is 1.92. The van der Waals surface area contributed by atoms with Crippen LogP contribution in [0.2, 0.25) is 0 Å². The molecule has 0 aromatic heterocycles. The van der Waals surface area contributed by atoms with Crippen molar-refractivity contribution in [1.82, 2.24) is 4.90 Å². The van der Waals surface area contributed by atoms with Gasteiger partial charge in [0.1, 0.15) is 0 Å². The van der Waals surface area contributed by atoms with E-state index in [-0.39, 0.29) is 0 Å². The minimum atomic E-state index is 0.527. The zero-order valence-electron chi connectivity index (χ0n) is 9.66. The van der Waals surface area contributed by atoms with Crippen molar-refractivity contribution in [3.8, 4) is 0 Å². The highest BCUT2D eigenvalue weighted by Gasteiger charge is 2.24. The van der Waals surface area contributed by atoms with E-state index in [2.05, 4.69) is 37.1 Å². The molecule has 0 fully saturated rings. The van der Waals surface area contributed by atoms with E-state index >= 15 is 0 Å². The quantitative estimate of drug-likeness (QED) is 0.797. The van der Waals surface area contributed by atoms with Gasteiger partial charge in [-0.15, -0.1) is 0 Å². The molecule has 2 N–H and O–H groups in total. The summed E-state index contributed by atoms with van der Waals surface area (Å²) in [5.41, 5.74) is 10.2. The van der Waals surface area contributed by atoms with Gasteiger partial charge in [0, 0.05) is 12.6 Å². The number of nitrogens with two attached hydrogens (primary N) is 1. The second-order valence-electron chi connectivity index (χ2n) is 4.47. The van der Waals surface area contributed by atoms with Crippen molar-refractivity contribution < 1.29 is 0 Å². The summed E-state index contributed by atoms with van der Waals surface area (Å²) in [6.45, 7) is 4.13. The zero-order chi connectivity index (χ0) is 10.8. The number of nitrogens with zero attached hydrogens (tertiary/aromatic N) is 1. The number of likely N-dealkylation sites (N-methyl/N-ethyl adjacent to an activating group) is 1. The monoisotopic (exact) mass is 204 g/mol. The van der Waals surface area contributed by atoms with Gasteiger partial charge < -0.3 is 5.73 Å². The van der Waals surface area contributed by atoms with Crippen LogP contribution in [0, 0.1) is 6.92 Å². The molecule has 0 bridgehead atoms. The van der Waals surface area contributed by atoms with Gasteiger partial charge >= 0.3 is 0 Å². The highest BCUT2D eigenvalue weighted by atomic mass is 15.1. The lowest BCUT2D eigenvalue weighted by molar-refractivity contribution is 0.221. The molecule has 0 saturated heterocycles. The number of hydrogen-bond acceptors (Lipinski definition) is 2. The second kappa shape index (κ2) is 4.33. The molecule has 15 heavy (non-hydrogen) atoms. The molecule has 1 aromatic rings. The Morgan fingerprint density at radius 3 is 3.00 bits per heavy atom. The van der Waals surface area contributed by atoms with Crippen LogP contribution in [-0.4, -0.2) is 25.0 Å². The van der Waals surface area contributed by atoms with Gasteiger partial charge in [-0.2, -0.15) is 0 Å². The average Bonchev–Trinajstić information content (AvgIpc) is 2.23. The van der Waals surface area contributed by atoms with Crippen molar-refractivity contribution in [3.63, 3.8) is 0 Å². The molecule has 1 atom stereocenters. The molecular formula is C13H20N2. The summed E-state index contributed by atoms with van der Waals surface area (Å²) in [5, 5.41) is 0. The Hall–Kier alpha value is -0.860. The minimum absolute atomic E-state index is 0.527. The van der Waals surface area contributed by atoms with E-state index in [9.17, 15) is 0 Å². The second-order valence-corrected chi connectivity index (χ2v) is 4.47. The minimum Gasteiger partial charge on any atom is -0.330 e. The average molecular weight is 204 g/mol. The summed E-state index contributed by atoms with van der Waals surface area (Å²) in [7, 11) is 2.20. The van der Waals surface area contributed by atoms with Crippen molar-refractivity contribution in [1.29, 1.82) is 0 Å². The Balaban J connectivity index is 2.39. The number of fused-ring (bicyclic) bond motifs is 1. The van der Waals surface area contributed by atoms with Crippen LogP contribution in [-0.2, 0) is 6.42 Å². The molecule has 0 saturated carbocycles. The highest BCUT2D eigenvalue weighted by molar-refractivity contribution is 5.38. The van der Waals surface area contributed by atoms with Gasteiger partial charge in [0.15, 0.2) is 0 Å². The van der Waals surface area contributed by atoms with E-state index < -0.39 is 0 Å². The lowest BCUT2D eigenvalue weighted by atomic mass is 9.88. The Bertz CT molecular complexity index is 346. The fraction of sp³-hybridized carbons (Fsp3) is 0.538. The molecule has 1 unspecified atom stereocenters. The first-order valence-electron chi connectivity index (χ1n) is 5.72. The van der Waals surface area contributed by atoms with E-state index in [1.165, 1.54) is 17.5 Å². The lowest BCUT2D eigenvalue weighted by Crippen LogP contribution is -2.33. The van der Waals surface area contributed by atoms with Crippen molar-refractivity contribution in [2.24, 2.45) is 5.73 Å². The molecule has 1 aliphatic rings. The van der Waals surface area contributed by atoms with Crippen LogP contribution in [0.15, 0.2) is 18.2 Å². The maximum atomic E-state index is 5.69. The summed E-state index contributed by atoms with van der Waals surface area (Å²) in [6, 6.07) is 7.16. The van der Waals surface area contributed by atoms with Crippen LogP contribution >= 0.6 is 0 Å².